The van der Waals surface area contributed by atoms with Crippen molar-refractivity contribution in [3.8, 4) is 0 Å². The molecular formula is C24H20ClFN2O4S. The lowest BCUT2D eigenvalue weighted by atomic mass is 10.2. The van der Waals surface area contributed by atoms with E-state index in [0.29, 0.717) is 17.7 Å². The highest BCUT2D eigenvalue weighted by Gasteiger charge is 2.20. The van der Waals surface area contributed by atoms with Crippen LogP contribution in [0.5, 0.6) is 0 Å². The van der Waals surface area contributed by atoms with Crippen LogP contribution in [0.25, 0.3) is 0 Å². The normalized spacial score (nSPS) is 11.5. The smallest absolute Gasteiger partial charge is 0.335 e. The quantitative estimate of drug-likeness (QED) is 0.342. The molecule has 0 bridgehead atoms. The number of benzene rings is 3. The van der Waals surface area contributed by atoms with Crippen LogP contribution < -0.4 is 10.6 Å². The van der Waals surface area contributed by atoms with Gasteiger partial charge in [-0.2, -0.15) is 0 Å². The maximum absolute atomic E-state index is 13.1. The standard InChI is InChI=1S/C24H20ClFN2O4S/c1-2-21(23(30)28-20-12-15(24(31)32)8-11-19(20)25)33-18-5-3-4-17(13-18)27-22(29)14-6-9-16(26)10-7-14/h3-13,21H,2H2,1H3,(H,27,29)(H,28,30)(H,31,32). The molecule has 3 aromatic rings. The van der Waals surface area contributed by atoms with E-state index >= 15 is 0 Å². The number of carboxylic acid groups (broad SMARTS) is 1. The molecule has 1 unspecified atom stereocenters. The van der Waals surface area contributed by atoms with Crippen LogP contribution in [0.15, 0.2) is 71.6 Å². The van der Waals surface area contributed by atoms with Crippen molar-refractivity contribution in [1.82, 2.24) is 0 Å². The van der Waals surface area contributed by atoms with Crippen LogP contribution in [0, 0.1) is 5.82 Å². The van der Waals surface area contributed by atoms with E-state index in [2.05, 4.69) is 10.6 Å². The number of carboxylic acids is 1. The number of halogens is 2. The number of thioether (sulfide) groups is 1. The molecule has 0 saturated heterocycles. The number of amides is 2. The Hall–Kier alpha value is -3.36. The molecule has 6 nitrogen and oxygen atoms in total. The molecule has 1 atom stereocenters. The maximum atomic E-state index is 13.1. The molecule has 170 valence electrons. The second-order valence-corrected chi connectivity index (χ2v) is 8.68. The summed E-state index contributed by atoms with van der Waals surface area (Å²) in [4.78, 5) is 37.1. The van der Waals surface area contributed by atoms with E-state index in [1.807, 2.05) is 13.0 Å². The third-order valence-electron chi connectivity index (χ3n) is 4.61. The molecule has 33 heavy (non-hydrogen) atoms. The van der Waals surface area contributed by atoms with Gasteiger partial charge in [-0.05, 0) is 67.1 Å². The summed E-state index contributed by atoms with van der Waals surface area (Å²) in [5.41, 5.74) is 1.09. The Morgan fingerprint density at radius 1 is 1.00 bits per heavy atom. The zero-order chi connectivity index (χ0) is 24.0. The minimum absolute atomic E-state index is 0.0139. The molecule has 3 rings (SSSR count). The van der Waals surface area contributed by atoms with Crippen molar-refractivity contribution in [3.05, 3.63) is 88.7 Å². The predicted molar refractivity (Wildman–Crippen MR) is 128 cm³/mol. The average molecular weight is 487 g/mol. The van der Waals surface area contributed by atoms with Crippen molar-refractivity contribution < 1.29 is 23.9 Å². The van der Waals surface area contributed by atoms with Crippen LogP contribution in [0.2, 0.25) is 5.02 Å². The van der Waals surface area contributed by atoms with E-state index in [4.69, 9.17) is 16.7 Å². The fourth-order valence-corrected chi connectivity index (χ4v) is 4.08. The van der Waals surface area contributed by atoms with Gasteiger partial charge < -0.3 is 15.7 Å². The molecule has 0 fully saturated rings. The number of hydrogen-bond acceptors (Lipinski definition) is 4. The number of nitrogens with one attached hydrogen (secondary N) is 2. The lowest BCUT2D eigenvalue weighted by Gasteiger charge is -2.16. The van der Waals surface area contributed by atoms with Crippen LogP contribution in [0.1, 0.15) is 34.1 Å². The largest absolute Gasteiger partial charge is 0.478 e. The first-order valence-electron chi connectivity index (χ1n) is 9.94. The average Bonchev–Trinajstić information content (AvgIpc) is 2.79. The highest BCUT2D eigenvalue weighted by atomic mass is 35.5. The second-order valence-electron chi connectivity index (χ2n) is 6.99. The van der Waals surface area contributed by atoms with Gasteiger partial charge in [0.05, 0.1) is 21.5 Å². The Morgan fingerprint density at radius 3 is 2.36 bits per heavy atom. The monoisotopic (exact) mass is 486 g/mol. The van der Waals surface area contributed by atoms with E-state index < -0.39 is 17.0 Å². The minimum Gasteiger partial charge on any atom is -0.478 e. The molecule has 0 aromatic heterocycles. The van der Waals surface area contributed by atoms with Gasteiger partial charge in [-0.25, -0.2) is 9.18 Å². The number of carbonyl (C=O) groups is 3. The number of anilines is 2. The number of hydrogen-bond donors (Lipinski definition) is 3. The Kier molecular flexibility index (Phi) is 8.08. The summed E-state index contributed by atoms with van der Waals surface area (Å²) in [6, 6.07) is 16.3. The lowest BCUT2D eigenvalue weighted by Crippen LogP contribution is -2.24. The van der Waals surface area contributed by atoms with Gasteiger partial charge in [-0.1, -0.05) is 24.6 Å². The first-order chi connectivity index (χ1) is 15.8. The van der Waals surface area contributed by atoms with Crippen molar-refractivity contribution in [3.63, 3.8) is 0 Å². The summed E-state index contributed by atoms with van der Waals surface area (Å²) in [6.45, 7) is 1.85. The number of aromatic carboxylic acids is 1. The van der Waals surface area contributed by atoms with Gasteiger partial charge in [-0.3, -0.25) is 9.59 Å². The molecule has 0 aliphatic carbocycles. The van der Waals surface area contributed by atoms with Crippen molar-refractivity contribution in [1.29, 1.82) is 0 Å². The Balaban J connectivity index is 1.69. The van der Waals surface area contributed by atoms with Crippen LogP contribution in [0.3, 0.4) is 0 Å². The highest BCUT2D eigenvalue weighted by Crippen LogP contribution is 2.30. The fraction of sp³-hybridized carbons (Fsp3) is 0.125. The molecule has 9 heteroatoms. The Bertz CT molecular complexity index is 1190. The first-order valence-corrected chi connectivity index (χ1v) is 11.2. The molecule has 0 radical (unpaired) electrons. The summed E-state index contributed by atoms with van der Waals surface area (Å²) < 4.78 is 13.1. The summed E-state index contributed by atoms with van der Waals surface area (Å²) in [7, 11) is 0. The van der Waals surface area contributed by atoms with Gasteiger partial charge in [0, 0.05) is 16.1 Å². The van der Waals surface area contributed by atoms with Crippen molar-refractivity contribution in [2.45, 2.75) is 23.5 Å². The van der Waals surface area contributed by atoms with E-state index in [1.54, 1.807) is 18.2 Å². The molecule has 3 aromatic carbocycles. The third-order valence-corrected chi connectivity index (χ3v) is 6.30. The molecule has 3 N–H and O–H groups in total. The SMILES string of the molecule is CCC(Sc1cccc(NC(=O)c2ccc(F)cc2)c1)C(=O)Nc1cc(C(=O)O)ccc1Cl. The van der Waals surface area contributed by atoms with Crippen LogP contribution in [-0.2, 0) is 4.79 Å². The lowest BCUT2D eigenvalue weighted by molar-refractivity contribution is -0.115. The van der Waals surface area contributed by atoms with Crippen LogP contribution in [0.4, 0.5) is 15.8 Å². The number of carbonyl (C=O) groups excluding carboxylic acids is 2. The van der Waals surface area contributed by atoms with Gasteiger partial charge in [0.15, 0.2) is 0 Å². The Morgan fingerprint density at radius 2 is 1.70 bits per heavy atom. The first kappa shape index (κ1) is 24.3. The second kappa shape index (κ2) is 11.0. The molecule has 2 amide bonds. The fourth-order valence-electron chi connectivity index (χ4n) is 2.91. The Labute approximate surface area is 199 Å². The predicted octanol–water partition coefficient (Wildman–Crippen LogP) is 5.94. The zero-order valence-electron chi connectivity index (χ0n) is 17.5. The summed E-state index contributed by atoms with van der Waals surface area (Å²) in [5.74, 6) is -2.25. The molecule has 0 saturated carbocycles. The van der Waals surface area contributed by atoms with Gasteiger partial charge in [-0.15, -0.1) is 11.8 Å². The van der Waals surface area contributed by atoms with Gasteiger partial charge >= 0.3 is 5.97 Å². The summed E-state index contributed by atoms with van der Waals surface area (Å²) in [5, 5.41) is 14.3. The van der Waals surface area contributed by atoms with E-state index in [-0.39, 0.29) is 28.1 Å². The highest BCUT2D eigenvalue weighted by molar-refractivity contribution is 8.00. The van der Waals surface area contributed by atoms with Crippen molar-refractivity contribution in [2.75, 3.05) is 10.6 Å². The van der Waals surface area contributed by atoms with Crippen molar-refractivity contribution >= 4 is 52.5 Å². The molecule has 0 aliphatic heterocycles. The molecule has 0 heterocycles. The summed E-state index contributed by atoms with van der Waals surface area (Å²) >= 11 is 7.41. The van der Waals surface area contributed by atoms with Gasteiger partial charge in [0.1, 0.15) is 5.82 Å². The topological polar surface area (TPSA) is 95.5 Å². The zero-order valence-corrected chi connectivity index (χ0v) is 19.0. The van der Waals surface area contributed by atoms with Gasteiger partial charge in [0.25, 0.3) is 5.91 Å². The maximum Gasteiger partial charge on any atom is 0.335 e. The van der Waals surface area contributed by atoms with E-state index in [1.165, 1.54) is 54.2 Å². The van der Waals surface area contributed by atoms with E-state index in [0.717, 1.165) is 4.90 Å². The van der Waals surface area contributed by atoms with E-state index in [9.17, 15) is 18.8 Å². The molecule has 0 aliphatic rings. The summed E-state index contributed by atoms with van der Waals surface area (Å²) in [6.07, 6.45) is 0.499. The van der Waals surface area contributed by atoms with Gasteiger partial charge in [0.2, 0.25) is 5.91 Å². The molecule has 0 spiro atoms. The molecular weight excluding hydrogens is 467 g/mol. The third kappa shape index (κ3) is 6.57. The van der Waals surface area contributed by atoms with Crippen LogP contribution in [-0.4, -0.2) is 28.1 Å². The minimum atomic E-state index is -1.12. The van der Waals surface area contributed by atoms with Crippen molar-refractivity contribution in [2.24, 2.45) is 0 Å². The number of rotatable bonds is 8. The van der Waals surface area contributed by atoms with Crippen LogP contribution >= 0.6 is 23.4 Å².